The van der Waals surface area contributed by atoms with Crippen molar-refractivity contribution in [2.45, 2.75) is 31.8 Å². The fourth-order valence-corrected chi connectivity index (χ4v) is 2.02. The summed E-state index contributed by atoms with van der Waals surface area (Å²) in [5.41, 5.74) is -0.183. The molecule has 0 fully saturated rings. The highest BCUT2D eigenvalue weighted by Crippen LogP contribution is 2.39. The van der Waals surface area contributed by atoms with Gasteiger partial charge < -0.3 is 5.32 Å². The Kier molecular flexibility index (Phi) is 7.54. The molecule has 1 aromatic rings. The van der Waals surface area contributed by atoms with Crippen molar-refractivity contribution in [1.82, 2.24) is 0 Å². The smallest absolute Gasteiger partial charge is 0.385 e. The second-order valence-corrected chi connectivity index (χ2v) is 4.00. The topological polar surface area (TPSA) is 12.0 Å². The highest BCUT2D eigenvalue weighted by molar-refractivity contribution is 8.68. The Morgan fingerprint density at radius 3 is 2.29 bits per heavy atom. The highest BCUT2D eigenvalue weighted by atomic mass is 33.1. The molecule has 0 aliphatic rings. The average Bonchev–Trinajstić information content (AvgIpc) is 2.31. The van der Waals surface area contributed by atoms with Crippen molar-refractivity contribution in [2.24, 2.45) is 0 Å². The maximum absolute atomic E-state index is 12.6. The van der Waals surface area contributed by atoms with Crippen molar-refractivity contribution in [3.63, 3.8) is 0 Å². The van der Waals surface area contributed by atoms with Crippen LogP contribution in [-0.4, -0.2) is 6.54 Å². The summed E-state index contributed by atoms with van der Waals surface area (Å²) in [5, 5.41) is 2.84. The van der Waals surface area contributed by atoms with E-state index in [1.165, 1.54) is 6.07 Å². The number of thiol groups is 1. The molecule has 0 bridgehead atoms. The third-order valence-electron chi connectivity index (χ3n) is 1.76. The van der Waals surface area contributed by atoms with Gasteiger partial charge in [-0.15, -0.1) is 11.7 Å². The molecule has 0 aliphatic carbocycles. The lowest BCUT2D eigenvalue weighted by atomic mass is 10.2. The first-order valence-electron chi connectivity index (χ1n) is 5.25. The van der Waals surface area contributed by atoms with Crippen LogP contribution in [0.25, 0.3) is 0 Å². The van der Waals surface area contributed by atoms with Crippen LogP contribution in [0.3, 0.4) is 0 Å². The van der Waals surface area contributed by atoms with Gasteiger partial charge in [0, 0.05) is 17.1 Å². The Balaban J connectivity index is 0.00000121. The average molecular weight is 283 g/mol. The van der Waals surface area contributed by atoms with E-state index < -0.39 is 11.7 Å². The predicted molar refractivity (Wildman–Crippen MR) is 71.8 cm³/mol. The van der Waals surface area contributed by atoms with Crippen LogP contribution < -0.4 is 5.32 Å². The Labute approximate surface area is 109 Å². The number of halogens is 3. The number of alkyl halides is 3. The van der Waals surface area contributed by atoms with E-state index in [0.29, 0.717) is 12.2 Å². The molecule has 0 saturated heterocycles. The first kappa shape index (κ1) is 16.5. The SMILES string of the molecule is CC.CCNc1ccc(SS)c(C(F)(F)F)c1. The van der Waals surface area contributed by atoms with Gasteiger partial charge in [-0.2, -0.15) is 13.2 Å². The molecular formula is C11H16F3NS2. The zero-order valence-electron chi connectivity index (χ0n) is 9.93. The highest BCUT2D eigenvalue weighted by Gasteiger charge is 2.33. The van der Waals surface area contributed by atoms with E-state index in [-0.39, 0.29) is 4.90 Å². The van der Waals surface area contributed by atoms with E-state index in [2.05, 4.69) is 17.0 Å². The van der Waals surface area contributed by atoms with Crippen LogP contribution >= 0.6 is 22.5 Å². The molecule has 1 rings (SSSR count). The fraction of sp³-hybridized carbons (Fsp3) is 0.455. The van der Waals surface area contributed by atoms with E-state index >= 15 is 0 Å². The van der Waals surface area contributed by atoms with Gasteiger partial charge in [0.25, 0.3) is 0 Å². The molecule has 0 spiro atoms. The second-order valence-electron chi connectivity index (χ2n) is 2.83. The summed E-state index contributed by atoms with van der Waals surface area (Å²) >= 11 is 3.79. The maximum atomic E-state index is 12.6. The van der Waals surface area contributed by atoms with Gasteiger partial charge in [-0.05, 0) is 25.1 Å². The summed E-state index contributed by atoms with van der Waals surface area (Å²) in [6, 6.07) is 4.12. The fourth-order valence-electron chi connectivity index (χ4n) is 1.15. The molecule has 0 aliphatic heterocycles. The maximum Gasteiger partial charge on any atom is 0.417 e. The van der Waals surface area contributed by atoms with E-state index in [9.17, 15) is 13.2 Å². The molecule has 0 heterocycles. The minimum Gasteiger partial charge on any atom is -0.385 e. The summed E-state index contributed by atoms with van der Waals surface area (Å²) in [6.07, 6.45) is -4.34. The third-order valence-corrected chi connectivity index (χ3v) is 2.91. The normalized spacial score (nSPS) is 10.5. The van der Waals surface area contributed by atoms with E-state index in [1.54, 1.807) is 6.07 Å². The van der Waals surface area contributed by atoms with Crippen molar-refractivity contribution < 1.29 is 13.2 Å². The van der Waals surface area contributed by atoms with Crippen molar-refractivity contribution in [3.8, 4) is 0 Å². The number of benzene rings is 1. The molecule has 0 unspecified atom stereocenters. The molecular weight excluding hydrogens is 267 g/mol. The number of anilines is 1. The summed E-state index contributed by atoms with van der Waals surface area (Å²) < 4.78 is 37.7. The Bertz CT molecular complexity index is 340. The van der Waals surface area contributed by atoms with Gasteiger partial charge in [-0.25, -0.2) is 0 Å². The lowest BCUT2D eigenvalue weighted by Gasteiger charge is -2.13. The molecule has 1 N–H and O–H groups in total. The van der Waals surface area contributed by atoms with Gasteiger partial charge in [0.05, 0.1) is 5.56 Å². The number of hydrogen-bond donors (Lipinski definition) is 2. The zero-order chi connectivity index (χ0) is 13.5. The van der Waals surface area contributed by atoms with Gasteiger partial charge in [0.2, 0.25) is 0 Å². The van der Waals surface area contributed by atoms with Gasteiger partial charge >= 0.3 is 6.18 Å². The molecule has 0 radical (unpaired) electrons. The van der Waals surface area contributed by atoms with Crippen LogP contribution in [0.5, 0.6) is 0 Å². The molecule has 1 aromatic carbocycles. The molecule has 0 saturated carbocycles. The Morgan fingerprint density at radius 2 is 1.88 bits per heavy atom. The quantitative estimate of drug-likeness (QED) is 0.591. The number of nitrogens with one attached hydrogen (secondary N) is 1. The van der Waals surface area contributed by atoms with Gasteiger partial charge in [0.15, 0.2) is 0 Å². The van der Waals surface area contributed by atoms with E-state index in [0.717, 1.165) is 16.9 Å². The first-order chi connectivity index (χ1) is 7.99. The summed E-state index contributed by atoms with van der Waals surface area (Å²) in [5.74, 6) is 0. The predicted octanol–water partition coefficient (Wildman–Crippen LogP) is 5.10. The lowest BCUT2D eigenvalue weighted by molar-refractivity contribution is -0.139. The summed E-state index contributed by atoms with van der Waals surface area (Å²) in [4.78, 5) is 0.118. The van der Waals surface area contributed by atoms with Gasteiger partial charge in [0.1, 0.15) is 0 Å². The zero-order valence-corrected chi connectivity index (χ0v) is 11.6. The molecule has 1 nitrogen and oxygen atoms in total. The Hall–Kier alpha value is -0.490. The molecule has 6 heteroatoms. The van der Waals surface area contributed by atoms with Crippen LogP contribution in [0.1, 0.15) is 26.3 Å². The number of hydrogen-bond acceptors (Lipinski definition) is 3. The molecule has 0 aromatic heterocycles. The second kappa shape index (κ2) is 7.76. The van der Waals surface area contributed by atoms with Crippen molar-refractivity contribution in [3.05, 3.63) is 23.8 Å². The van der Waals surface area contributed by atoms with Crippen molar-refractivity contribution >= 4 is 28.1 Å². The molecule has 98 valence electrons. The Morgan fingerprint density at radius 1 is 1.29 bits per heavy atom. The monoisotopic (exact) mass is 283 g/mol. The van der Waals surface area contributed by atoms with Crippen LogP contribution in [0.15, 0.2) is 23.1 Å². The minimum absolute atomic E-state index is 0.118. The van der Waals surface area contributed by atoms with Crippen LogP contribution in [-0.2, 0) is 6.18 Å². The minimum atomic E-state index is -4.34. The van der Waals surface area contributed by atoms with Gasteiger partial charge in [-0.1, -0.05) is 24.6 Å². The van der Waals surface area contributed by atoms with Crippen molar-refractivity contribution in [2.75, 3.05) is 11.9 Å². The first-order valence-corrected chi connectivity index (χ1v) is 7.12. The van der Waals surface area contributed by atoms with E-state index in [1.807, 2.05) is 20.8 Å². The molecule has 17 heavy (non-hydrogen) atoms. The standard InChI is InChI=1S/C9H10F3NS2.C2H6/c1-2-13-6-3-4-8(15-14)7(5-6)9(10,11)12;1-2/h3-5,13-14H,2H2,1H3;1-2H3. The van der Waals surface area contributed by atoms with Crippen LogP contribution in [0.2, 0.25) is 0 Å². The largest absolute Gasteiger partial charge is 0.417 e. The van der Waals surface area contributed by atoms with Crippen molar-refractivity contribution in [1.29, 1.82) is 0 Å². The van der Waals surface area contributed by atoms with Gasteiger partial charge in [-0.3, -0.25) is 0 Å². The van der Waals surface area contributed by atoms with E-state index in [4.69, 9.17) is 0 Å². The number of rotatable bonds is 3. The third kappa shape index (κ3) is 5.12. The van der Waals surface area contributed by atoms with Crippen LogP contribution in [0.4, 0.5) is 18.9 Å². The lowest BCUT2D eigenvalue weighted by Crippen LogP contribution is -2.08. The summed E-state index contributed by atoms with van der Waals surface area (Å²) in [6.45, 7) is 6.42. The van der Waals surface area contributed by atoms with Crippen LogP contribution in [0, 0.1) is 0 Å². The summed E-state index contributed by atoms with van der Waals surface area (Å²) in [7, 11) is 0.796. The molecule has 0 atom stereocenters. The molecule has 0 amide bonds.